The second-order valence-electron chi connectivity index (χ2n) is 6.54. The minimum Gasteiger partial charge on any atom is -0.480 e. The maximum Gasteiger partial charge on any atom is 0.264 e. The predicted molar refractivity (Wildman–Crippen MR) is 96.2 cm³/mol. The van der Waals surface area contributed by atoms with Crippen molar-refractivity contribution in [1.29, 1.82) is 0 Å². The van der Waals surface area contributed by atoms with E-state index in [1.54, 1.807) is 0 Å². The van der Waals surface area contributed by atoms with Crippen LogP contribution < -0.4 is 10.1 Å². The number of para-hydroxylation sites is 1. The summed E-state index contributed by atoms with van der Waals surface area (Å²) in [7, 11) is 0. The molecule has 3 heterocycles. The van der Waals surface area contributed by atoms with Gasteiger partial charge in [-0.2, -0.15) is 0 Å². The average Bonchev–Trinajstić information content (AvgIpc) is 2.98. The van der Waals surface area contributed by atoms with E-state index in [1.165, 1.54) is 6.33 Å². The minimum atomic E-state index is -0.438. The summed E-state index contributed by atoms with van der Waals surface area (Å²) in [6.07, 6.45) is 3.10. The third kappa shape index (κ3) is 3.22. The summed E-state index contributed by atoms with van der Waals surface area (Å²) in [6, 6.07) is 7.82. The Hall–Kier alpha value is -2.67. The number of rotatable bonds is 4. The lowest BCUT2D eigenvalue weighted by atomic mass is 10.1. The van der Waals surface area contributed by atoms with Crippen LogP contribution >= 0.6 is 0 Å². The molecule has 0 radical (unpaired) electrons. The summed E-state index contributed by atoms with van der Waals surface area (Å²) < 4.78 is 5.86. The quantitative estimate of drug-likeness (QED) is 0.845. The molecule has 0 aliphatic carbocycles. The summed E-state index contributed by atoms with van der Waals surface area (Å²) in [5.74, 6) is 1.60. The molecule has 0 spiro atoms. The highest BCUT2D eigenvalue weighted by atomic mass is 16.5. The molecule has 2 aliphatic rings. The van der Waals surface area contributed by atoms with Gasteiger partial charge in [0.05, 0.1) is 12.3 Å². The maximum absolute atomic E-state index is 12.9. The van der Waals surface area contributed by atoms with Crippen LogP contribution in [0.4, 0.5) is 5.82 Å². The largest absolute Gasteiger partial charge is 0.480 e. The molecular weight excluding hydrogens is 332 g/mol. The van der Waals surface area contributed by atoms with Crippen LogP contribution in [0.15, 0.2) is 30.6 Å². The fraction of sp³-hybridized carbons (Fsp3) is 0.421. The zero-order chi connectivity index (χ0) is 17.9. The second-order valence-corrected chi connectivity index (χ2v) is 6.54. The van der Waals surface area contributed by atoms with Crippen molar-refractivity contribution in [2.24, 2.45) is 0 Å². The Bertz CT molecular complexity index is 786. The first-order valence-electron chi connectivity index (χ1n) is 8.97. The fourth-order valence-electron chi connectivity index (χ4n) is 3.60. The van der Waals surface area contributed by atoms with Crippen LogP contribution in [0.1, 0.15) is 16.8 Å². The molecule has 4 rings (SSSR count). The van der Waals surface area contributed by atoms with Crippen LogP contribution in [0.2, 0.25) is 0 Å². The monoisotopic (exact) mass is 354 g/mol. The zero-order valence-corrected chi connectivity index (χ0v) is 14.5. The van der Waals surface area contributed by atoms with Gasteiger partial charge in [-0.25, -0.2) is 9.97 Å². The van der Waals surface area contributed by atoms with Crippen molar-refractivity contribution < 1.29 is 14.6 Å². The molecule has 2 N–H and O–H groups in total. The number of hydrogen-bond donors (Lipinski definition) is 2. The lowest BCUT2D eigenvalue weighted by Gasteiger charge is -2.23. The lowest BCUT2D eigenvalue weighted by molar-refractivity contribution is -0.137. The molecule has 136 valence electrons. The number of nitrogens with one attached hydrogen (secondary N) is 1. The van der Waals surface area contributed by atoms with Gasteiger partial charge in [-0.3, -0.25) is 4.79 Å². The third-order valence-electron chi connectivity index (χ3n) is 4.92. The molecule has 26 heavy (non-hydrogen) atoms. The van der Waals surface area contributed by atoms with Crippen LogP contribution in [-0.4, -0.2) is 58.2 Å². The number of aliphatic hydroxyl groups is 1. The summed E-state index contributed by atoms with van der Waals surface area (Å²) in [4.78, 5) is 23.5. The van der Waals surface area contributed by atoms with Gasteiger partial charge in [0.25, 0.3) is 5.91 Å². The number of fused-ring (bicyclic) bond motifs is 2. The van der Waals surface area contributed by atoms with E-state index in [1.807, 2.05) is 29.2 Å². The van der Waals surface area contributed by atoms with Crippen LogP contribution in [-0.2, 0) is 24.1 Å². The number of carbonyl (C=O) groups is 1. The van der Waals surface area contributed by atoms with Gasteiger partial charge >= 0.3 is 0 Å². The van der Waals surface area contributed by atoms with Crippen LogP contribution in [0.3, 0.4) is 0 Å². The van der Waals surface area contributed by atoms with Crippen molar-refractivity contribution in [1.82, 2.24) is 14.9 Å². The summed E-state index contributed by atoms with van der Waals surface area (Å²) in [6.45, 7) is 1.73. The molecule has 1 unspecified atom stereocenters. The van der Waals surface area contributed by atoms with E-state index in [4.69, 9.17) is 9.84 Å². The Kier molecular flexibility index (Phi) is 4.71. The topological polar surface area (TPSA) is 87.6 Å². The predicted octanol–water partition coefficient (Wildman–Crippen LogP) is 0.812. The van der Waals surface area contributed by atoms with Crippen molar-refractivity contribution in [3.63, 3.8) is 0 Å². The van der Waals surface area contributed by atoms with Crippen molar-refractivity contribution >= 4 is 11.7 Å². The number of nitrogens with zero attached hydrogens (tertiary/aromatic N) is 3. The molecule has 7 heteroatoms. The molecule has 0 saturated heterocycles. The Balaban J connectivity index is 1.45. The SMILES string of the molecule is O=C(C1Cc2ccccc2O1)N1CCc2ncnc(NCCO)c2CC1. The van der Waals surface area contributed by atoms with Gasteiger partial charge in [0.15, 0.2) is 6.10 Å². The lowest BCUT2D eigenvalue weighted by Crippen LogP contribution is -2.42. The molecule has 0 fully saturated rings. The summed E-state index contributed by atoms with van der Waals surface area (Å²) in [5, 5.41) is 12.2. The molecular formula is C19H22N4O3. The molecule has 0 saturated carbocycles. The number of aromatic nitrogens is 2. The number of carbonyl (C=O) groups excluding carboxylic acids is 1. The van der Waals surface area contributed by atoms with Crippen molar-refractivity contribution in [2.45, 2.75) is 25.4 Å². The summed E-state index contributed by atoms with van der Waals surface area (Å²) >= 11 is 0. The first-order chi connectivity index (χ1) is 12.8. The Labute approximate surface area is 152 Å². The molecule has 2 aliphatic heterocycles. The first-order valence-corrected chi connectivity index (χ1v) is 8.97. The molecule has 7 nitrogen and oxygen atoms in total. The zero-order valence-electron chi connectivity index (χ0n) is 14.5. The number of amides is 1. The number of benzene rings is 1. The average molecular weight is 354 g/mol. The van der Waals surface area contributed by atoms with E-state index in [9.17, 15) is 4.79 Å². The van der Waals surface area contributed by atoms with E-state index < -0.39 is 6.10 Å². The van der Waals surface area contributed by atoms with Crippen molar-refractivity contribution in [3.8, 4) is 5.75 Å². The van der Waals surface area contributed by atoms with Gasteiger partial charge in [-0.05, 0) is 18.1 Å². The van der Waals surface area contributed by atoms with Gasteiger partial charge in [-0.1, -0.05) is 18.2 Å². The second kappa shape index (κ2) is 7.29. The highest BCUT2D eigenvalue weighted by molar-refractivity contribution is 5.82. The number of aliphatic hydroxyl groups excluding tert-OH is 1. The van der Waals surface area contributed by atoms with E-state index >= 15 is 0 Å². The Morgan fingerprint density at radius 2 is 2.12 bits per heavy atom. The van der Waals surface area contributed by atoms with Crippen LogP contribution in [0, 0.1) is 0 Å². The van der Waals surface area contributed by atoms with Crippen molar-refractivity contribution in [2.75, 3.05) is 31.6 Å². The Morgan fingerprint density at radius 3 is 2.96 bits per heavy atom. The van der Waals surface area contributed by atoms with Gasteiger partial charge in [0.2, 0.25) is 0 Å². The normalized spacial score (nSPS) is 18.5. The van der Waals surface area contributed by atoms with E-state index in [2.05, 4.69) is 15.3 Å². The number of hydrogen-bond acceptors (Lipinski definition) is 6. The highest BCUT2D eigenvalue weighted by Crippen LogP contribution is 2.29. The Morgan fingerprint density at radius 1 is 1.27 bits per heavy atom. The van der Waals surface area contributed by atoms with Gasteiger partial charge in [0, 0.05) is 38.0 Å². The fourth-order valence-corrected chi connectivity index (χ4v) is 3.60. The minimum absolute atomic E-state index is 0.0341. The van der Waals surface area contributed by atoms with Crippen molar-refractivity contribution in [3.05, 3.63) is 47.4 Å². The number of anilines is 1. The number of ether oxygens (including phenoxy) is 1. The van der Waals surface area contributed by atoms with Gasteiger partial charge in [-0.15, -0.1) is 0 Å². The summed E-state index contributed by atoms with van der Waals surface area (Å²) in [5.41, 5.74) is 3.09. The molecule has 0 bridgehead atoms. The van der Waals surface area contributed by atoms with Crippen LogP contribution in [0.5, 0.6) is 5.75 Å². The van der Waals surface area contributed by atoms with Crippen LogP contribution in [0.25, 0.3) is 0 Å². The van der Waals surface area contributed by atoms with E-state index in [0.29, 0.717) is 38.9 Å². The maximum atomic E-state index is 12.9. The smallest absolute Gasteiger partial charge is 0.264 e. The molecule has 2 aromatic rings. The molecule has 1 amide bonds. The molecule has 1 aromatic carbocycles. The van der Waals surface area contributed by atoms with Gasteiger partial charge < -0.3 is 20.1 Å². The first kappa shape index (κ1) is 16.8. The molecule has 1 atom stereocenters. The van der Waals surface area contributed by atoms with E-state index in [-0.39, 0.29) is 12.5 Å². The standard InChI is InChI=1S/C19H22N4O3/c24-10-7-20-18-14-5-8-23(9-6-15(14)21-12-22-18)19(25)17-11-13-3-1-2-4-16(13)26-17/h1-4,12,17,24H,5-11H2,(H,20,21,22). The van der Waals surface area contributed by atoms with Gasteiger partial charge in [0.1, 0.15) is 17.9 Å². The third-order valence-corrected chi connectivity index (χ3v) is 4.92. The van der Waals surface area contributed by atoms with E-state index in [0.717, 1.165) is 28.4 Å². The molecule has 1 aromatic heterocycles. The highest BCUT2D eigenvalue weighted by Gasteiger charge is 2.33.